The highest BCUT2D eigenvalue weighted by Crippen LogP contribution is 2.23. The Hall–Kier alpha value is -0.0800. The lowest BCUT2D eigenvalue weighted by Gasteiger charge is -2.26. The molecule has 3 atom stereocenters. The molecule has 0 aliphatic rings. The molecule has 0 saturated heterocycles. The van der Waals surface area contributed by atoms with Crippen molar-refractivity contribution < 1.29 is 9.47 Å². The van der Waals surface area contributed by atoms with Gasteiger partial charge in [-0.25, -0.2) is 0 Å². The Balaban J connectivity index is 4.12. The van der Waals surface area contributed by atoms with Gasteiger partial charge in [-0.3, -0.25) is 0 Å². The molecule has 0 aliphatic carbocycles. The van der Waals surface area contributed by atoms with Gasteiger partial charge in [0.15, 0.2) is 0 Å². The highest BCUT2D eigenvalue weighted by molar-refractivity contribution is 4.71. The maximum Gasteiger partial charge on any atom is 0.0621 e. The normalized spacial score (nSPS) is 16.3. The maximum absolute atomic E-state index is 5.73. The molecule has 2 nitrogen and oxygen atoms in total. The number of methoxy groups -OCH3 is 2. The number of rotatable bonds is 13. The summed E-state index contributed by atoms with van der Waals surface area (Å²) in [5.74, 6) is 1.38. The molecule has 0 saturated carbocycles. The molecule has 0 fully saturated rings. The average Bonchev–Trinajstić information content (AvgIpc) is 2.43. The van der Waals surface area contributed by atoms with Gasteiger partial charge in [0.1, 0.15) is 0 Å². The van der Waals surface area contributed by atoms with Crippen LogP contribution in [0.25, 0.3) is 0 Å². The Morgan fingerprint density at radius 2 is 1.63 bits per heavy atom. The summed E-state index contributed by atoms with van der Waals surface area (Å²) in [6, 6.07) is 0. The van der Waals surface area contributed by atoms with Crippen LogP contribution in [0.15, 0.2) is 0 Å². The molecule has 0 aromatic heterocycles. The molecular formula is C17H36O2. The number of ether oxygens (including phenoxy) is 2. The van der Waals surface area contributed by atoms with Gasteiger partial charge in [0, 0.05) is 20.1 Å². The summed E-state index contributed by atoms with van der Waals surface area (Å²) in [7, 11) is 3.66. The van der Waals surface area contributed by atoms with Crippen molar-refractivity contribution in [3.05, 3.63) is 0 Å². The average molecular weight is 272 g/mol. The highest BCUT2D eigenvalue weighted by Gasteiger charge is 2.21. The van der Waals surface area contributed by atoms with E-state index in [-0.39, 0.29) is 0 Å². The fourth-order valence-corrected chi connectivity index (χ4v) is 2.61. The monoisotopic (exact) mass is 272 g/mol. The summed E-state index contributed by atoms with van der Waals surface area (Å²) < 4.78 is 11.1. The molecular weight excluding hydrogens is 236 g/mol. The molecule has 0 rings (SSSR count). The lowest BCUT2D eigenvalue weighted by atomic mass is 9.89. The van der Waals surface area contributed by atoms with Gasteiger partial charge in [0.05, 0.1) is 12.7 Å². The van der Waals surface area contributed by atoms with E-state index in [1.54, 1.807) is 7.11 Å². The van der Waals surface area contributed by atoms with Crippen LogP contribution in [0.1, 0.15) is 72.1 Å². The third kappa shape index (κ3) is 9.45. The molecule has 0 aliphatic heterocycles. The van der Waals surface area contributed by atoms with Crippen LogP contribution >= 0.6 is 0 Å². The molecule has 0 heterocycles. The molecule has 0 spiro atoms. The summed E-state index contributed by atoms with van der Waals surface area (Å²) in [6.45, 7) is 7.71. The number of hydrogen-bond donors (Lipinski definition) is 0. The standard InChI is InChI=1S/C17H36O2/c1-6-8-9-10-11-17(19-5)16(14-18-4)13-12-15(3)7-2/h15-17H,6-14H2,1-5H3. The van der Waals surface area contributed by atoms with Gasteiger partial charge in [-0.15, -0.1) is 0 Å². The van der Waals surface area contributed by atoms with Gasteiger partial charge in [-0.2, -0.15) is 0 Å². The third-order valence-electron chi connectivity index (χ3n) is 4.28. The first-order valence-corrected chi connectivity index (χ1v) is 8.21. The zero-order chi connectivity index (χ0) is 14.5. The summed E-state index contributed by atoms with van der Waals surface area (Å²) >= 11 is 0. The van der Waals surface area contributed by atoms with Gasteiger partial charge in [-0.05, 0) is 18.8 Å². The molecule has 2 heteroatoms. The van der Waals surface area contributed by atoms with Gasteiger partial charge < -0.3 is 9.47 Å². The second-order valence-electron chi connectivity index (χ2n) is 5.93. The van der Waals surface area contributed by atoms with Gasteiger partial charge in [0.2, 0.25) is 0 Å². The smallest absolute Gasteiger partial charge is 0.0621 e. The fraction of sp³-hybridized carbons (Fsp3) is 1.00. The van der Waals surface area contributed by atoms with E-state index in [1.165, 1.54) is 51.4 Å². The Morgan fingerprint density at radius 1 is 0.895 bits per heavy atom. The molecule has 0 aromatic rings. The molecule has 19 heavy (non-hydrogen) atoms. The van der Waals surface area contributed by atoms with Crippen LogP contribution in [0.3, 0.4) is 0 Å². The zero-order valence-electron chi connectivity index (χ0n) is 13.9. The van der Waals surface area contributed by atoms with E-state index in [9.17, 15) is 0 Å². The topological polar surface area (TPSA) is 18.5 Å². The van der Waals surface area contributed by atoms with Crippen LogP contribution in [0.5, 0.6) is 0 Å². The third-order valence-corrected chi connectivity index (χ3v) is 4.28. The first-order chi connectivity index (χ1) is 9.19. The predicted octanol–water partition coefficient (Wildman–Crippen LogP) is 5.06. The van der Waals surface area contributed by atoms with Crippen LogP contribution in [-0.4, -0.2) is 26.9 Å². The second kappa shape index (κ2) is 12.9. The lowest BCUT2D eigenvalue weighted by Crippen LogP contribution is -2.27. The van der Waals surface area contributed by atoms with E-state index in [0.717, 1.165) is 12.5 Å². The Morgan fingerprint density at radius 3 is 2.16 bits per heavy atom. The van der Waals surface area contributed by atoms with Crippen molar-refractivity contribution >= 4 is 0 Å². The van der Waals surface area contributed by atoms with Crippen molar-refractivity contribution in [1.82, 2.24) is 0 Å². The van der Waals surface area contributed by atoms with E-state index in [4.69, 9.17) is 9.47 Å². The van der Waals surface area contributed by atoms with Crippen molar-refractivity contribution in [3.63, 3.8) is 0 Å². The Kier molecular flexibility index (Phi) is 12.9. The summed E-state index contributed by atoms with van der Waals surface area (Å²) in [6.07, 6.45) is 10.6. The van der Waals surface area contributed by atoms with Crippen molar-refractivity contribution in [2.45, 2.75) is 78.2 Å². The van der Waals surface area contributed by atoms with Crippen molar-refractivity contribution in [1.29, 1.82) is 0 Å². The largest absolute Gasteiger partial charge is 0.384 e. The first kappa shape index (κ1) is 18.9. The second-order valence-corrected chi connectivity index (χ2v) is 5.93. The molecule has 0 N–H and O–H groups in total. The zero-order valence-corrected chi connectivity index (χ0v) is 13.9. The molecule has 0 radical (unpaired) electrons. The van der Waals surface area contributed by atoms with E-state index < -0.39 is 0 Å². The summed E-state index contributed by atoms with van der Waals surface area (Å²) in [4.78, 5) is 0. The van der Waals surface area contributed by atoms with Crippen molar-refractivity contribution in [2.24, 2.45) is 11.8 Å². The Bertz CT molecular complexity index is 182. The minimum atomic E-state index is 0.376. The summed E-state index contributed by atoms with van der Waals surface area (Å²) in [5.41, 5.74) is 0. The van der Waals surface area contributed by atoms with Crippen molar-refractivity contribution in [3.8, 4) is 0 Å². The quantitative estimate of drug-likeness (QED) is 0.436. The molecule has 0 bridgehead atoms. The van der Waals surface area contributed by atoms with Crippen LogP contribution < -0.4 is 0 Å². The predicted molar refractivity (Wildman–Crippen MR) is 83.6 cm³/mol. The first-order valence-electron chi connectivity index (χ1n) is 8.21. The van der Waals surface area contributed by atoms with E-state index >= 15 is 0 Å². The summed E-state index contributed by atoms with van der Waals surface area (Å²) in [5, 5.41) is 0. The van der Waals surface area contributed by atoms with E-state index in [2.05, 4.69) is 20.8 Å². The van der Waals surface area contributed by atoms with Gasteiger partial charge in [0.25, 0.3) is 0 Å². The van der Waals surface area contributed by atoms with Gasteiger partial charge >= 0.3 is 0 Å². The van der Waals surface area contributed by atoms with E-state index in [1.807, 2.05) is 7.11 Å². The number of unbranched alkanes of at least 4 members (excludes halogenated alkanes) is 3. The minimum absolute atomic E-state index is 0.376. The Labute approximate surface area is 121 Å². The molecule has 0 aromatic carbocycles. The van der Waals surface area contributed by atoms with Crippen LogP contribution in [-0.2, 0) is 9.47 Å². The number of hydrogen-bond acceptors (Lipinski definition) is 2. The minimum Gasteiger partial charge on any atom is -0.384 e. The highest BCUT2D eigenvalue weighted by atomic mass is 16.5. The SMILES string of the molecule is CCCCCCC(OC)C(CCC(C)CC)COC. The van der Waals surface area contributed by atoms with Crippen LogP contribution in [0.4, 0.5) is 0 Å². The molecule has 3 unspecified atom stereocenters. The maximum atomic E-state index is 5.73. The van der Waals surface area contributed by atoms with Crippen LogP contribution in [0, 0.1) is 11.8 Å². The van der Waals surface area contributed by atoms with Gasteiger partial charge in [-0.1, -0.05) is 59.3 Å². The molecule has 0 amide bonds. The fourth-order valence-electron chi connectivity index (χ4n) is 2.61. The van der Waals surface area contributed by atoms with Crippen LogP contribution in [0.2, 0.25) is 0 Å². The lowest BCUT2D eigenvalue weighted by molar-refractivity contribution is 0.00247. The van der Waals surface area contributed by atoms with E-state index in [0.29, 0.717) is 12.0 Å². The molecule has 116 valence electrons. The van der Waals surface area contributed by atoms with Crippen molar-refractivity contribution in [2.75, 3.05) is 20.8 Å².